The number of anilines is 1. The first kappa shape index (κ1) is 25.2. The zero-order chi connectivity index (χ0) is 25.5. The van der Waals surface area contributed by atoms with Crippen molar-refractivity contribution in [2.75, 3.05) is 11.9 Å². The molecule has 3 aromatic rings. The van der Waals surface area contributed by atoms with Crippen molar-refractivity contribution in [3.05, 3.63) is 71.6 Å². The van der Waals surface area contributed by atoms with Gasteiger partial charge in [-0.05, 0) is 74.3 Å². The molecule has 4 rings (SSSR count). The lowest BCUT2D eigenvalue weighted by molar-refractivity contribution is -0.138. The van der Waals surface area contributed by atoms with Crippen LogP contribution in [0, 0.1) is 12.8 Å². The Labute approximate surface area is 210 Å². The first-order valence-corrected chi connectivity index (χ1v) is 12.3. The van der Waals surface area contributed by atoms with Gasteiger partial charge in [0.15, 0.2) is 5.69 Å². The fourth-order valence-electron chi connectivity index (χ4n) is 4.69. The Balaban J connectivity index is 1.21. The van der Waals surface area contributed by atoms with E-state index in [1.807, 2.05) is 54.6 Å². The highest BCUT2D eigenvalue weighted by Gasteiger charge is 2.24. The van der Waals surface area contributed by atoms with Gasteiger partial charge >= 0.3 is 5.97 Å². The molecule has 1 aromatic heterocycles. The molecule has 2 amide bonds. The molecule has 1 aliphatic carbocycles. The Hall–Kier alpha value is -3.94. The number of benzene rings is 2. The van der Waals surface area contributed by atoms with Gasteiger partial charge in [0.25, 0.3) is 5.91 Å². The molecule has 0 spiro atoms. The van der Waals surface area contributed by atoms with Gasteiger partial charge in [0, 0.05) is 30.6 Å². The van der Waals surface area contributed by atoms with Crippen molar-refractivity contribution in [2.24, 2.45) is 5.92 Å². The normalized spacial score (nSPS) is 17.4. The summed E-state index contributed by atoms with van der Waals surface area (Å²) in [6.07, 6.45) is 4.22. The number of nitrogens with one attached hydrogen (secondary N) is 2. The van der Waals surface area contributed by atoms with Crippen LogP contribution < -0.4 is 10.6 Å². The molecule has 0 unspecified atom stereocenters. The number of carbonyl (C=O) groups is 3. The Morgan fingerprint density at radius 3 is 2.36 bits per heavy atom. The van der Waals surface area contributed by atoms with E-state index in [0.717, 1.165) is 31.2 Å². The second-order valence-electron chi connectivity index (χ2n) is 9.28. The van der Waals surface area contributed by atoms with Crippen LogP contribution in [-0.4, -0.2) is 34.4 Å². The van der Waals surface area contributed by atoms with Gasteiger partial charge in [0.05, 0.1) is 0 Å². The number of carbonyl (C=O) groups excluding carboxylic acids is 2. The summed E-state index contributed by atoms with van der Waals surface area (Å²) >= 11 is 0. The van der Waals surface area contributed by atoms with E-state index in [2.05, 4.69) is 15.6 Å². The van der Waals surface area contributed by atoms with E-state index in [1.165, 1.54) is 5.56 Å². The third kappa shape index (κ3) is 6.59. The highest BCUT2D eigenvalue weighted by atomic mass is 16.4. The quantitative estimate of drug-likeness (QED) is 0.382. The third-order valence-corrected chi connectivity index (χ3v) is 6.65. The van der Waals surface area contributed by atoms with Gasteiger partial charge in [-0.15, -0.1) is 0 Å². The van der Waals surface area contributed by atoms with E-state index in [9.17, 15) is 14.4 Å². The SMILES string of the molecule is Cc1oc(-c2ccccc2)nc1C(=O)NCCC(=O)Nc1ccc([C@H]2CC[C@H](CC(=O)O)CC2)cc1. The van der Waals surface area contributed by atoms with Gasteiger partial charge in [-0.25, -0.2) is 4.98 Å². The molecule has 2 aromatic carbocycles. The number of amides is 2. The summed E-state index contributed by atoms with van der Waals surface area (Å²) in [5, 5.41) is 14.6. The van der Waals surface area contributed by atoms with E-state index in [-0.39, 0.29) is 42.8 Å². The number of aryl methyl sites for hydroxylation is 1. The molecule has 1 fully saturated rings. The summed E-state index contributed by atoms with van der Waals surface area (Å²) < 4.78 is 5.63. The van der Waals surface area contributed by atoms with Crippen LogP contribution in [0.5, 0.6) is 0 Å². The van der Waals surface area contributed by atoms with E-state index in [0.29, 0.717) is 23.3 Å². The molecule has 1 aliphatic rings. The van der Waals surface area contributed by atoms with Crippen molar-refractivity contribution in [3.63, 3.8) is 0 Å². The first-order valence-electron chi connectivity index (χ1n) is 12.3. The Bertz CT molecular complexity index is 1200. The smallest absolute Gasteiger partial charge is 0.303 e. The maximum atomic E-state index is 12.5. The van der Waals surface area contributed by atoms with Crippen molar-refractivity contribution in [1.29, 1.82) is 0 Å². The summed E-state index contributed by atoms with van der Waals surface area (Å²) in [6.45, 7) is 1.86. The summed E-state index contributed by atoms with van der Waals surface area (Å²) in [5.41, 5.74) is 2.92. The Kier molecular flexibility index (Phi) is 8.15. The highest BCUT2D eigenvalue weighted by molar-refractivity contribution is 5.95. The number of hydrogen-bond donors (Lipinski definition) is 3. The van der Waals surface area contributed by atoms with Crippen LogP contribution >= 0.6 is 0 Å². The number of nitrogens with zero attached hydrogens (tertiary/aromatic N) is 1. The fourth-order valence-corrected chi connectivity index (χ4v) is 4.69. The van der Waals surface area contributed by atoms with Crippen LogP contribution in [0.15, 0.2) is 59.0 Å². The van der Waals surface area contributed by atoms with E-state index < -0.39 is 5.97 Å². The molecule has 0 atom stereocenters. The number of hydrogen-bond acceptors (Lipinski definition) is 5. The number of aliphatic carboxylic acids is 1. The summed E-state index contributed by atoms with van der Waals surface area (Å²) in [4.78, 5) is 40.1. The number of aromatic nitrogens is 1. The summed E-state index contributed by atoms with van der Waals surface area (Å²) in [6, 6.07) is 17.2. The van der Waals surface area contributed by atoms with E-state index in [1.54, 1.807) is 6.92 Å². The molecule has 0 saturated heterocycles. The minimum atomic E-state index is -0.719. The molecule has 8 heteroatoms. The molecule has 1 saturated carbocycles. The Morgan fingerprint density at radius 2 is 1.69 bits per heavy atom. The topological polar surface area (TPSA) is 122 Å². The highest BCUT2D eigenvalue weighted by Crippen LogP contribution is 2.37. The largest absolute Gasteiger partial charge is 0.481 e. The number of carboxylic acids is 1. The van der Waals surface area contributed by atoms with Crippen molar-refractivity contribution in [3.8, 4) is 11.5 Å². The molecule has 188 valence electrons. The zero-order valence-electron chi connectivity index (χ0n) is 20.3. The molecule has 1 heterocycles. The lowest BCUT2D eigenvalue weighted by atomic mass is 9.77. The van der Waals surface area contributed by atoms with Gasteiger partial charge in [-0.2, -0.15) is 0 Å². The van der Waals surface area contributed by atoms with E-state index >= 15 is 0 Å². The summed E-state index contributed by atoms with van der Waals surface area (Å²) in [7, 11) is 0. The van der Waals surface area contributed by atoms with Gasteiger partial charge in [0.1, 0.15) is 5.76 Å². The predicted molar refractivity (Wildman–Crippen MR) is 136 cm³/mol. The van der Waals surface area contributed by atoms with Crippen LogP contribution in [-0.2, 0) is 9.59 Å². The van der Waals surface area contributed by atoms with Crippen molar-refractivity contribution >= 4 is 23.5 Å². The molecule has 36 heavy (non-hydrogen) atoms. The van der Waals surface area contributed by atoms with E-state index in [4.69, 9.17) is 9.52 Å². The molecule has 3 N–H and O–H groups in total. The molecule has 8 nitrogen and oxygen atoms in total. The molecule has 0 bridgehead atoms. The number of rotatable bonds is 9. The summed E-state index contributed by atoms with van der Waals surface area (Å²) in [5.74, 6) is 0.213. The van der Waals surface area contributed by atoms with Gasteiger partial charge in [0.2, 0.25) is 11.8 Å². The molecule has 0 radical (unpaired) electrons. The average molecular weight is 490 g/mol. The third-order valence-electron chi connectivity index (χ3n) is 6.65. The predicted octanol–water partition coefficient (Wildman–Crippen LogP) is 5.16. The zero-order valence-corrected chi connectivity index (χ0v) is 20.3. The molecular weight excluding hydrogens is 458 g/mol. The second kappa shape index (κ2) is 11.7. The maximum Gasteiger partial charge on any atom is 0.303 e. The lowest BCUT2D eigenvalue weighted by Crippen LogP contribution is -2.28. The second-order valence-corrected chi connectivity index (χ2v) is 9.28. The van der Waals surface area contributed by atoms with Gasteiger partial charge < -0.3 is 20.2 Å². The monoisotopic (exact) mass is 489 g/mol. The van der Waals surface area contributed by atoms with Crippen LogP contribution in [0.4, 0.5) is 5.69 Å². The lowest BCUT2D eigenvalue weighted by Gasteiger charge is -2.28. The minimum Gasteiger partial charge on any atom is -0.481 e. The number of carboxylic acid groups (broad SMARTS) is 1. The maximum absolute atomic E-state index is 12.5. The minimum absolute atomic E-state index is 0.128. The molecule has 0 aliphatic heterocycles. The van der Waals surface area contributed by atoms with Gasteiger partial charge in [-0.3, -0.25) is 14.4 Å². The fraction of sp³-hybridized carbons (Fsp3) is 0.357. The van der Waals surface area contributed by atoms with Crippen LogP contribution in [0.3, 0.4) is 0 Å². The Morgan fingerprint density at radius 1 is 1.00 bits per heavy atom. The first-order chi connectivity index (χ1) is 17.4. The van der Waals surface area contributed by atoms with Gasteiger partial charge in [-0.1, -0.05) is 30.3 Å². The van der Waals surface area contributed by atoms with Crippen LogP contribution in [0.2, 0.25) is 0 Å². The van der Waals surface area contributed by atoms with Crippen molar-refractivity contribution < 1.29 is 23.9 Å². The van der Waals surface area contributed by atoms with Crippen LogP contribution in [0.25, 0.3) is 11.5 Å². The standard InChI is InChI=1S/C28H31N3O5/c1-18-26(31-28(36-18)22-5-3-2-4-6-22)27(35)29-16-15-24(32)30-23-13-11-21(12-14-23)20-9-7-19(8-10-20)17-25(33)34/h2-6,11-14,19-20H,7-10,15-17H2,1H3,(H,29,35)(H,30,32)(H,33,34)/t19-,20-. The molecular formula is C28H31N3O5. The van der Waals surface area contributed by atoms with Crippen LogP contribution in [0.1, 0.15) is 66.3 Å². The average Bonchev–Trinajstić information content (AvgIpc) is 3.27. The van der Waals surface area contributed by atoms with Crippen molar-refractivity contribution in [2.45, 2.75) is 51.4 Å². The van der Waals surface area contributed by atoms with Crippen molar-refractivity contribution in [1.82, 2.24) is 10.3 Å². The number of oxazole rings is 1.